The summed E-state index contributed by atoms with van der Waals surface area (Å²) in [5.41, 5.74) is 5.01. The number of hydrogen-bond acceptors (Lipinski definition) is 17. The molecule has 10 N–H and O–H groups in total. The number of nitrogens with zero attached hydrogens (tertiary/aromatic N) is 4. The minimum absolute atomic E-state index is 0.0240. The SMILES string of the molecule is CSCC[C@H](NC(=O)OCn1nc(C)cc1C)C(=O)N[C@@H](CC(C)C)[C@@H](O)C[C@@H](C)C(=O)N[C@H](C(=O)NCc1ccccc1)C(C)C.Cc1cc(C)n(COC(=O)N[C@@H](CCS(C)(=O)=O)C(=O)N[C@@H](CC(C)C)[C@@H](O)C[C@@H](C)C(=O)N[C@H](C(=O)NCc2ccccc2)C(C)C)n1. The summed E-state index contributed by atoms with van der Waals surface area (Å²) in [6.45, 7) is 26.1. The van der Waals surface area contributed by atoms with E-state index >= 15 is 0 Å². The highest BCUT2D eigenvalue weighted by atomic mass is 32.2. The molecule has 2 heterocycles. The highest BCUT2D eigenvalue weighted by Crippen LogP contribution is 2.20. The van der Waals surface area contributed by atoms with Gasteiger partial charge in [0.25, 0.3) is 0 Å². The number of nitrogens with one attached hydrogen (secondary N) is 8. The van der Waals surface area contributed by atoms with Crippen molar-refractivity contribution in [3.8, 4) is 0 Å². The largest absolute Gasteiger partial charge is 0.426 e. The van der Waals surface area contributed by atoms with E-state index in [-0.39, 0.29) is 79.9 Å². The number of hydrogen-bond donors (Lipinski definition) is 10. The Morgan fingerprint density at radius 3 is 1.19 bits per heavy atom. The molecular weight excluding hydrogens is 1270 g/mol. The van der Waals surface area contributed by atoms with E-state index < -0.39 is 100 Å². The Bertz CT molecular complexity index is 3200. The van der Waals surface area contributed by atoms with Crippen molar-refractivity contribution in [3.63, 3.8) is 0 Å². The summed E-state index contributed by atoms with van der Waals surface area (Å²) >= 11 is 1.54. The van der Waals surface area contributed by atoms with Gasteiger partial charge in [-0.2, -0.15) is 22.0 Å². The van der Waals surface area contributed by atoms with E-state index in [1.807, 2.05) is 142 Å². The van der Waals surface area contributed by atoms with Crippen LogP contribution in [-0.4, -0.2) is 158 Å². The van der Waals surface area contributed by atoms with E-state index in [9.17, 15) is 57.0 Å². The summed E-state index contributed by atoms with van der Waals surface area (Å²) < 4.78 is 37.4. The Kier molecular flexibility index (Phi) is 35.8. The van der Waals surface area contributed by atoms with Crippen molar-refractivity contribution in [1.82, 2.24) is 62.1 Å². The van der Waals surface area contributed by atoms with Crippen LogP contribution < -0.4 is 42.5 Å². The molecule has 2 aromatic heterocycles. The van der Waals surface area contributed by atoms with Gasteiger partial charge in [0.1, 0.15) is 34.0 Å². The van der Waals surface area contributed by atoms with Crippen molar-refractivity contribution >= 4 is 69.2 Å². The third kappa shape index (κ3) is 31.1. The number of alkyl carbamates (subject to hydrolysis) is 2. The van der Waals surface area contributed by atoms with Gasteiger partial charge in [-0.25, -0.2) is 27.4 Å². The van der Waals surface area contributed by atoms with Crippen LogP contribution in [-0.2, 0) is 74.6 Å². The Hall–Kier alpha value is -7.56. The minimum Gasteiger partial charge on any atom is -0.426 e. The van der Waals surface area contributed by atoms with Crippen LogP contribution in [0.25, 0.3) is 0 Å². The Labute approximate surface area is 571 Å². The van der Waals surface area contributed by atoms with E-state index in [1.54, 1.807) is 38.4 Å². The van der Waals surface area contributed by atoms with E-state index in [1.165, 1.54) is 16.4 Å². The molecule has 0 spiro atoms. The molecular formula is C68H108N12O14S2. The zero-order valence-corrected chi connectivity index (χ0v) is 60.5. The number of aryl methyl sites for hydroxylation is 4. The smallest absolute Gasteiger partial charge is 0.409 e. The molecule has 8 amide bonds. The van der Waals surface area contributed by atoms with Crippen molar-refractivity contribution in [1.29, 1.82) is 0 Å². The molecule has 0 fully saturated rings. The number of aliphatic hydroxyl groups excluding tert-OH is 2. The normalized spacial score (nSPS) is 14.6. The lowest BCUT2D eigenvalue weighted by atomic mass is 9.91. The molecule has 4 aromatic rings. The van der Waals surface area contributed by atoms with Gasteiger partial charge in [-0.3, -0.25) is 28.8 Å². The van der Waals surface area contributed by atoms with Crippen molar-refractivity contribution < 1.29 is 66.5 Å². The van der Waals surface area contributed by atoms with E-state index in [2.05, 4.69) is 52.7 Å². The van der Waals surface area contributed by atoms with Crippen LogP contribution in [0.15, 0.2) is 72.8 Å². The average Bonchev–Trinajstić information content (AvgIpc) is 1.23. The monoisotopic (exact) mass is 1380 g/mol. The Morgan fingerprint density at radius 1 is 0.510 bits per heavy atom. The predicted molar refractivity (Wildman–Crippen MR) is 370 cm³/mol. The maximum Gasteiger partial charge on any atom is 0.409 e. The van der Waals surface area contributed by atoms with Gasteiger partial charge in [-0.15, -0.1) is 0 Å². The first-order valence-electron chi connectivity index (χ1n) is 32.8. The van der Waals surface area contributed by atoms with Crippen LogP contribution >= 0.6 is 11.8 Å². The van der Waals surface area contributed by atoms with Gasteiger partial charge in [0.15, 0.2) is 13.5 Å². The number of aromatic nitrogens is 4. The molecule has 536 valence electrons. The van der Waals surface area contributed by atoms with Gasteiger partial charge in [-0.1, -0.05) is 130 Å². The summed E-state index contributed by atoms with van der Waals surface area (Å²) in [4.78, 5) is 105. The molecule has 4 rings (SSSR count). The number of amides is 8. The van der Waals surface area contributed by atoms with E-state index in [4.69, 9.17) is 9.47 Å². The standard InChI is InChI=1S/C34H54N6O8S.C34H54N6O6S/c1-21(2)16-28(29(41)17-23(5)31(42)38-30(22(3)4)33(44)35-19-26-12-10-9-11-13-26)36-32(43)27(14-15-49(8,46)47)37-34(45)48-20-40-25(7)18-24(6)39-40;1-21(2)16-28(36-32(43)27(14-15-47-8)37-34(45)46-20-40-25(7)18-24(6)39-40)29(41)17-23(5)31(42)38-30(22(3)4)33(44)35-19-26-12-10-9-11-13-26/h9-13,18,21-23,27-30,41H,14-17,19-20H2,1-8H3,(H,35,44)(H,36,43)(H,37,45)(H,38,42);9-13,18,21-23,27-30,41H,14-17,19-20H2,1-8H3,(H,35,44)(H,36,43)(H,37,45)(H,38,42)/t2*23-,27+,28+,29+,30+/m11/s1. The maximum atomic E-state index is 13.5. The van der Waals surface area contributed by atoms with Crippen molar-refractivity contribution in [2.75, 3.05) is 24.0 Å². The van der Waals surface area contributed by atoms with Crippen LogP contribution in [0.4, 0.5) is 9.59 Å². The maximum absolute atomic E-state index is 13.5. The summed E-state index contributed by atoms with van der Waals surface area (Å²) in [5, 5.41) is 53.2. The van der Waals surface area contributed by atoms with Crippen molar-refractivity contribution in [2.45, 2.75) is 210 Å². The minimum atomic E-state index is -3.48. The van der Waals surface area contributed by atoms with Crippen LogP contribution in [0, 0.1) is 63.2 Å². The third-order valence-electron chi connectivity index (χ3n) is 15.7. The molecule has 0 aliphatic carbocycles. The third-order valence-corrected chi connectivity index (χ3v) is 17.3. The van der Waals surface area contributed by atoms with Crippen molar-refractivity contribution in [3.05, 3.63) is 107 Å². The molecule has 26 nitrogen and oxygen atoms in total. The fourth-order valence-corrected chi connectivity index (χ4v) is 11.4. The molecule has 10 atom stereocenters. The van der Waals surface area contributed by atoms with Crippen LogP contribution in [0.2, 0.25) is 0 Å². The van der Waals surface area contributed by atoms with Gasteiger partial charge >= 0.3 is 12.2 Å². The van der Waals surface area contributed by atoms with Gasteiger partial charge in [0.05, 0.1) is 41.4 Å². The zero-order valence-electron chi connectivity index (χ0n) is 58.9. The number of thioether (sulfide) groups is 1. The van der Waals surface area contributed by atoms with Crippen LogP contribution in [0.3, 0.4) is 0 Å². The van der Waals surface area contributed by atoms with Gasteiger partial charge in [0, 0.05) is 42.6 Å². The van der Waals surface area contributed by atoms with Crippen LogP contribution in [0.1, 0.15) is 142 Å². The second kappa shape index (κ2) is 41.5. The molecule has 2 aromatic carbocycles. The first-order chi connectivity index (χ1) is 45.1. The second-order valence-corrected chi connectivity index (χ2v) is 29.6. The summed E-state index contributed by atoms with van der Waals surface area (Å²) in [6.07, 6.45) is -0.0516. The molecule has 0 saturated carbocycles. The van der Waals surface area contributed by atoms with E-state index in [0.29, 0.717) is 38.1 Å². The van der Waals surface area contributed by atoms with Crippen molar-refractivity contribution in [2.24, 2.45) is 35.5 Å². The highest BCUT2D eigenvalue weighted by molar-refractivity contribution is 7.98. The number of carbonyl (C=O) groups is 8. The number of benzene rings is 2. The quantitative estimate of drug-likeness (QED) is 0.0244. The zero-order chi connectivity index (χ0) is 72.0. The first-order valence-corrected chi connectivity index (χ1v) is 36.3. The summed E-state index contributed by atoms with van der Waals surface area (Å²) in [5.74, 6) is -3.92. The average molecular weight is 1380 g/mol. The highest BCUT2D eigenvalue weighted by Gasteiger charge is 2.35. The lowest BCUT2D eigenvalue weighted by Gasteiger charge is -2.30. The molecule has 0 aliphatic heterocycles. The lowest BCUT2D eigenvalue weighted by molar-refractivity contribution is -0.132. The number of sulfone groups is 1. The fraction of sp³-hybridized carbons (Fsp3) is 0.618. The fourth-order valence-electron chi connectivity index (χ4n) is 10.2. The first kappa shape index (κ1) is 82.7. The summed E-state index contributed by atoms with van der Waals surface area (Å²) in [7, 11) is -3.48. The van der Waals surface area contributed by atoms with Gasteiger partial charge in [0.2, 0.25) is 35.4 Å². The lowest BCUT2D eigenvalue weighted by Crippen LogP contribution is -2.54. The molecule has 0 aliphatic rings. The Balaban J connectivity index is 0.000000501. The molecule has 0 unspecified atom stereocenters. The second-order valence-electron chi connectivity index (χ2n) is 26.3. The molecule has 0 saturated heterocycles. The molecule has 28 heteroatoms. The molecule has 96 heavy (non-hydrogen) atoms. The predicted octanol–water partition coefficient (Wildman–Crippen LogP) is 6.04. The number of carbonyl (C=O) groups excluding carboxylic acids is 8. The van der Waals surface area contributed by atoms with Gasteiger partial charge in [-0.05, 0) is 125 Å². The number of ether oxygens (including phenoxy) is 2. The van der Waals surface area contributed by atoms with E-state index in [0.717, 1.165) is 40.2 Å². The van der Waals surface area contributed by atoms with Gasteiger partial charge < -0.3 is 62.2 Å². The number of rotatable bonds is 38. The molecule has 0 bridgehead atoms. The Morgan fingerprint density at radius 2 is 0.875 bits per heavy atom. The number of aliphatic hydroxyl groups is 2. The topological polar surface area (TPSA) is 361 Å². The molecule has 0 radical (unpaired) electrons. The summed E-state index contributed by atoms with van der Waals surface area (Å²) in [6, 6.07) is 17.4. The van der Waals surface area contributed by atoms with Crippen LogP contribution in [0.5, 0.6) is 0 Å².